The maximum atomic E-state index is 11.3. The first kappa shape index (κ1) is 13.0. The SMILES string of the molecule is C/C=C/CCNC(=O)N(C)CC(C)O. The number of hydrogen-bond acceptors (Lipinski definition) is 2. The second-order valence-corrected chi connectivity index (χ2v) is 3.32. The number of aliphatic hydroxyl groups excluding tert-OH is 1. The van der Waals surface area contributed by atoms with Crippen LogP contribution < -0.4 is 5.32 Å². The van der Waals surface area contributed by atoms with E-state index in [0.717, 1.165) is 6.42 Å². The van der Waals surface area contributed by atoms with Gasteiger partial charge in [0.25, 0.3) is 0 Å². The van der Waals surface area contributed by atoms with Gasteiger partial charge in [-0.05, 0) is 20.3 Å². The van der Waals surface area contributed by atoms with Crippen LogP contribution in [0.25, 0.3) is 0 Å². The van der Waals surface area contributed by atoms with Crippen LogP contribution in [0.15, 0.2) is 12.2 Å². The molecule has 0 aromatic rings. The van der Waals surface area contributed by atoms with Crippen LogP contribution >= 0.6 is 0 Å². The number of rotatable bonds is 5. The van der Waals surface area contributed by atoms with E-state index < -0.39 is 6.10 Å². The maximum absolute atomic E-state index is 11.3. The third-order valence-electron chi connectivity index (χ3n) is 1.71. The molecule has 0 radical (unpaired) electrons. The fourth-order valence-electron chi connectivity index (χ4n) is 1.04. The zero-order valence-corrected chi connectivity index (χ0v) is 9.16. The van der Waals surface area contributed by atoms with Gasteiger partial charge in [-0.25, -0.2) is 4.79 Å². The maximum Gasteiger partial charge on any atom is 0.317 e. The van der Waals surface area contributed by atoms with Gasteiger partial charge in [0.1, 0.15) is 0 Å². The number of aliphatic hydroxyl groups is 1. The predicted molar refractivity (Wildman–Crippen MR) is 57.1 cm³/mol. The van der Waals surface area contributed by atoms with Gasteiger partial charge in [0.15, 0.2) is 0 Å². The fourth-order valence-corrected chi connectivity index (χ4v) is 1.04. The summed E-state index contributed by atoms with van der Waals surface area (Å²) in [6.45, 7) is 4.59. The molecule has 0 saturated heterocycles. The molecule has 2 amide bonds. The van der Waals surface area contributed by atoms with Gasteiger partial charge in [-0.2, -0.15) is 0 Å². The number of carbonyl (C=O) groups is 1. The lowest BCUT2D eigenvalue weighted by Gasteiger charge is -2.18. The van der Waals surface area contributed by atoms with Gasteiger partial charge >= 0.3 is 6.03 Å². The minimum absolute atomic E-state index is 0.143. The normalized spacial score (nSPS) is 12.9. The number of likely N-dealkylation sites (N-methyl/N-ethyl adjacent to an activating group) is 1. The average Bonchev–Trinajstić information content (AvgIpc) is 2.11. The topological polar surface area (TPSA) is 52.6 Å². The number of urea groups is 1. The summed E-state index contributed by atoms with van der Waals surface area (Å²) in [6, 6.07) is -0.143. The smallest absolute Gasteiger partial charge is 0.317 e. The van der Waals surface area contributed by atoms with Gasteiger partial charge in [-0.15, -0.1) is 0 Å². The van der Waals surface area contributed by atoms with Crippen molar-refractivity contribution in [2.75, 3.05) is 20.1 Å². The molecule has 1 unspecified atom stereocenters. The lowest BCUT2D eigenvalue weighted by Crippen LogP contribution is -2.40. The second-order valence-electron chi connectivity index (χ2n) is 3.32. The molecule has 0 heterocycles. The molecule has 82 valence electrons. The molecule has 14 heavy (non-hydrogen) atoms. The lowest BCUT2D eigenvalue weighted by molar-refractivity contribution is 0.144. The van der Waals surface area contributed by atoms with Crippen LogP contribution in [0, 0.1) is 0 Å². The van der Waals surface area contributed by atoms with E-state index in [0.29, 0.717) is 13.1 Å². The zero-order chi connectivity index (χ0) is 11.0. The highest BCUT2D eigenvalue weighted by molar-refractivity contribution is 5.73. The largest absolute Gasteiger partial charge is 0.392 e. The Morgan fingerprint density at radius 1 is 1.64 bits per heavy atom. The lowest BCUT2D eigenvalue weighted by atomic mass is 10.4. The number of carbonyl (C=O) groups excluding carboxylic acids is 1. The minimum Gasteiger partial charge on any atom is -0.392 e. The van der Waals surface area contributed by atoms with Crippen LogP contribution in [-0.2, 0) is 0 Å². The molecule has 0 fully saturated rings. The van der Waals surface area contributed by atoms with Gasteiger partial charge < -0.3 is 15.3 Å². The summed E-state index contributed by atoms with van der Waals surface area (Å²) in [4.78, 5) is 12.8. The third kappa shape index (κ3) is 6.48. The first-order valence-corrected chi connectivity index (χ1v) is 4.86. The monoisotopic (exact) mass is 200 g/mol. The summed E-state index contributed by atoms with van der Waals surface area (Å²) >= 11 is 0. The summed E-state index contributed by atoms with van der Waals surface area (Å²) in [5, 5.41) is 11.8. The molecule has 0 aliphatic heterocycles. The Morgan fingerprint density at radius 3 is 2.79 bits per heavy atom. The Bertz CT molecular complexity index is 191. The van der Waals surface area contributed by atoms with Crippen LogP contribution in [0.4, 0.5) is 4.79 Å². The number of amides is 2. The van der Waals surface area contributed by atoms with E-state index in [1.54, 1.807) is 14.0 Å². The molecule has 4 heteroatoms. The number of allylic oxidation sites excluding steroid dienone is 1. The van der Waals surface area contributed by atoms with Gasteiger partial charge in [0.2, 0.25) is 0 Å². The van der Waals surface area contributed by atoms with Crippen molar-refractivity contribution in [1.82, 2.24) is 10.2 Å². The summed E-state index contributed by atoms with van der Waals surface area (Å²) in [6.07, 6.45) is 4.30. The molecule has 0 aliphatic rings. The van der Waals surface area contributed by atoms with Gasteiger partial charge in [-0.1, -0.05) is 12.2 Å². The molecule has 0 spiro atoms. The van der Waals surface area contributed by atoms with Crippen molar-refractivity contribution >= 4 is 6.03 Å². The van der Waals surface area contributed by atoms with Crippen molar-refractivity contribution in [3.8, 4) is 0 Å². The van der Waals surface area contributed by atoms with Crippen molar-refractivity contribution in [1.29, 1.82) is 0 Å². The summed E-state index contributed by atoms with van der Waals surface area (Å²) < 4.78 is 0. The Hall–Kier alpha value is -1.03. The van der Waals surface area contributed by atoms with E-state index in [-0.39, 0.29) is 6.03 Å². The van der Waals surface area contributed by atoms with Crippen molar-refractivity contribution in [2.24, 2.45) is 0 Å². The van der Waals surface area contributed by atoms with E-state index in [9.17, 15) is 4.79 Å². The summed E-state index contributed by atoms with van der Waals surface area (Å²) in [5.41, 5.74) is 0. The van der Waals surface area contributed by atoms with E-state index in [1.165, 1.54) is 4.90 Å². The van der Waals surface area contributed by atoms with Crippen LogP contribution in [-0.4, -0.2) is 42.3 Å². The molecular weight excluding hydrogens is 180 g/mol. The Morgan fingerprint density at radius 2 is 2.29 bits per heavy atom. The van der Waals surface area contributed by atoms with E-state index >= 15 is 0 Å². The molecule has 1 atom stereocenters. The van der Waals surface area contributed by atoms with Gasteiger partial charge in [0.05, 0.1) is 6.10 Å². The molecule has 0 aliphatic carbocycles. The Kier molecular flexibility index (Phi) is 6.84. The third-order valence-corrected chi connectivity index (χ3v) is 1.71. The minimum atomic E-state index is -0.485. The molecule has 0 bridgehead atoms. The average molecular weight is 200 g/mol. The van der Waals surface area contributed by atoms with Crippen LogP contribution in [0.5, 0.6) is 0 Å². The van der Waals surface area contributed by atoms with Crippen LogP contribution in [0.2, 0.25) is 0 Å². The quantitative estimate of drug-likeness (QED) is 0.513. The highest BCUT2D eigenvalue weighted by Gasteiger charge is 2.08. The van der Waals surface area contributed by atoms with Crippen molar-refractivity contribution in [3.63, 3.8) is 0 Å². The van der Waals surface area contributed by atoms with Crippen molar-refractivity contribution in [2.45, 2.75) is 26.4 Å². The molecular formula is C10H20N2O2. The first-order valence-electron chi connectivity index (χ1n) is 4.86. The van der Waals surface area contributed by atoms with E-state index in [1.807, 2.05) is 19.1 Å². The van der Waals surface area contributed by atoms with Gasteiger partial charge in [-0.3, -0.25) is 0 Å². The molecule has 0 saturated carbocycles. The fraction of sp³-hybridized carbons (Fsp3) is 0.700. The van der Waals surface area contributed by atoms with Crippen molar-refractivity contribution < 1.29 is 9.90 Å². The van der Waals surface area contributed by atoms with E-state index in [4.69, 9.17) is 5.11 Å². The number of hydrogen-bond donors (Lipinski definition) is 2. The zero-order valence-electron chi connectivity index (χ0n) is 9.16. The molecule has 0 aromatic carbocycles. The van der Waals surface area contributed by atoms with Crippen LogP contribution in [0.1, 0.15) is 20.3 Å². The Labute approximate surface area is 85.6 Å². The molecule has 2 N–H and O–H groups in total. The van der Waals surface area contributed by atoms with Crippen molar-refractivity contribution in [3.05, 3.63) is 12.2 Å². The van der Waals surface area contributed by atoms with Crippen LogP contribution in [0.3, 0.4) is 0 Å². The predicted octanol–water partition coefficient (Wildman–Crippen LogP) is 0.975. The first-order chi connectivity index (χ1) is 6.57. The van der Waals surface area contributed by atoms with Gasteiger partial charge in [0, 0.05) is 20.1 Å². The summed E-state index contributed by atoms with van der Waals surface area (Å²) in [7, 11) is 1.66. The second kappa shape index (κ2) is 7.38. The number of nitrogens with zero attached hydrogens (tertiary/aromatic N) is 1. The Balaban J connectivity index is 3.62. The highest BCUT2D eigenvalue weighted by atomic mass is 16.3. The molecule has 0 aromatic heterocycles. The molecule has 4 nitrogen and oxygen atoms in total. The van der Waals surface area contributed by atoms with E-state index in [2.05, 4.69) is 5.32 Å². The summed E-state index contributed by atoms with van der Waals surface area (Å²) in [5.74, 6) is 0. The standard InChI is InChI=1S/C10H20N2O2/c1-4-5-6-7-11-10(14)12(3)8-9(2)13/h4-5,9,13H,6-8H2,1-3H3,(H,11,14)/b5-4+. The molecule has 0 rings (SSSR count). The highest BCUT2D eigenvalue weighted by Crippen LogP contribution is 1.89. The number of nitrogens with one attached hydrogen (secondary N) is 1.